The molecule has 1 atom stereocenters. The van der Waals surface area contributed by atoms with Crippen molar-refractivity contribution < 1.29 is 19.4 Å². The number of unbranched alkanes of at least 4 members (excludes halogenated alkanes) is 21. The molecule has 0 aliphatic rings. The summed E-state index contributed by atoms with van der Waals surface area (Å²) in [5.41, 5.74) is 0. The number of carbonyl (C=O) groups excluding carboxylic acids is 1. The van der Waals surface area contributed by atoms with Gasteiger partial charge in [-0.15, -0.1) is 0 Å². The second kappa shape index (κ2) is 40.5. The molecule has 0 heterocycles. The maximum Gasteiger partial charge on any atom is 0.306 e. The molecule has 1 N–H and O–H groups in total. The number of ether oxygens (including phenoxy) is 2. The van der Waals surface area contributed by atoms with Crippen LogP contribution in [0.15, 0.2) is 48.6 Å². The Kier molecular flexibility index (Phi) is 39.1. The van der Waals surface area contributed by atoms with Gasteiger partial charge in [0.1, 0.15) is 6.10 Å². The van der Waals surface area contributed by atoms with Gasteiger partial charge in [0, 0.05) is 13.0 Å². The lowest BCUT2D eigenvalue weighted by Crippen LogP contribution is -2.27. The van der Waals surface area contributed by atoms with E-state index in [2.05, 4.69) is 62.5 Å². The first-order valence-corrected chi connectivity index (χ1v) is 20.2. The Morgan fingerprint density at radius 3 is 1.40 bits per heavy atom. The molecule has 0 radical (unpaired) electrons. The third-order valence-corrected chi connectivity index (χ3v) is 8.63. The van der Waals surface area contributed by atoms with Gasteiger partial charge in [0.2, 0.25) is 0 Å². The van der Waals surface area contributed by atoms with E-state index in [1.165, 1.54) is 141 Å². The summed E-state index contributed by atoms with van der Waals surface area (Å²) in [6, 6.07) is 0. The summed E-state index contributed by atoms with van der Waals surface area (Å²) in [6.45, 7) is 5.29. The van der Waals surface area contributed by atoms with E-state index in [4.69, 9.17) is 9.47 Å². The molecular weight excluding hydrogens is 580 g/mol. The minimum atomic E-state index is -0.544. The summed E-state index contributed by atoms with van der Waals surface area (Å²) >= 11 is 0. The molecule has 0 bridgehead atoms. The average Bonchev–Trinajstić information content (AvgIpc) is 3.08. The van der Waals surface area contributed by atoms with Gasteiger partial charge in [0.25, 0.3) is 0 Å². The lowest BCUT2D eigenvalue weighted by molar-refractivity contribution is -0.154. The van der Waals surface area contributed by atoms with Crippen molar-refractivity contribution in [2.24, 2.45) is 0 Å². The number of hydrogen-bond donors (Lipinski definition) is 1. The number of aliphatic hydroxyl groups is 1. The van der Waals surface area contributed by atoms with E-state index in [0.29, 0.717) is 13.0 Å². The van der Waals surface area contributed by atoms with Crippen molar-refractivity contribution in [3.63, 3.8) is 0 Å². The number of esters is 1. The lowest BCUT2D eigenvalue weighted by atomic mass is 10.1. The average molecular weight is 659 g/mol. The molecule has 0 spiro atoms. The Morgan fingerprint density at radius 2 is 0.894 bits per heavy atom. The highest BCUT2D eigenvalue weighted by atomic mass is 16.6. The Morgan fingerprint density at radius 1 is 0.511 bits per heavy atom. The summed E-state index contributed by atoms with van der Waals surface area (Å²) in [5, 5.41) is 9.58. The molecule has 0 aliphatic carbocycles. The third kappa shape index (κ3) is 38.7. The standard InChI is InChI=1S/C43H78O4/c1-3-5-7-9-11-13-15-17-19-20-21-22-23-25-27-29-31-33-35-37-39-46-41-42(40-44)47-43(45)38-36-34-32-30-28-26-24-18-16-14-12-10-8-6-4-2/h11,13,17-19,21-22,24,42,44H,3-10,12,14-16,20,23,25-41H2,1-2H3/b13-11-,19-17-,22-21-,24-18-. The van der Waals surface area contributed by atoms with Crippen LogP contribution in [0.5, 0.6) is 0 Å². The summed E-state index contributed by atoms with van der Waals surface area (Å²) in [7, 11) is 0. The predicted molar refractivity (Wildman–Crippen MR) is 205 cm³/mol. The van der Waals surface area contributed by atoms with E-state index in [9.17, 15) is 9.90 Å². The smallest absolute Gasteiger partial charge is 0.306 e. The molecule has 0 aliphatic heterocycles. The van der Waals surface area contributed by atoms with Crippen molar-refractivity contribution >= 4 is 5.97 Å². The van der Waals surface area contributed by atoms with Crippen molar-refractivity contribution in [3.8, 4) is 0 Å². The van der Waals surface area contributed by atoms with E-state index in [-0.39, 0.29) is 19.2 Å². The van der Waals surface area contributed by atoms with Crippen LogP contribution < -0.4 is 0 Å². The van der Waals surface area contributed by atoms with Crippen LogP contribution >= 0.6 is 0 Å². The Balaban J connectivity index is 3.48. The molecule has 4 nitrogen and oxygen atoms in total. The first kappa shape index (κ1) is 45.3. The predicted octanol–water partition coefficient (Wildman–Crippen LogP) is 13.1. The van der Waals surface area contributed by atoms with Crippen LogP contribution in [0.3, 0.4) is 0 Å². The lowest BCUT2D eigenvalue weighted by Gasteiger charge is -2.15. The molecule has 0 rings (SSSR count). The Bertz CT molecular complexity index is 738. The summed E-state index contributed by atoms with van der Waals surface area (Å²) in [4.78, 5) is 12.2. The molecule has 4 heteroatoms. The minimum Gasteiger partial charge on any atom is -0.457 e. The highest BCUT2D eigenvalue weighted by molar-refractivity contribution is 5.69. The number of hydrogen-bond acceptors (Lipinski definition) is 4. The fourth-order valence-electron chi connectivity index (χ4n) is 5.56. The molecule has 47 heavy (non-hydrogen) atoms. The number of allylic oxidation sites excluding steroid dienone is 8. The van der Waals surface area contributed by atoms with Crippen LogP contribution in [-0.2, 0) is 14.3 Å². The van der Waals surface area contributed by atoms with Crippen LogP contribution in [0.1, 0.15) is 194 Å². The van der Waals surface area contributed by atoms with Crippen molar-refractivity contribution in [3.05, 3.63) is 48.6 Å². The van der Waals surface area contributed by atoms with Crippen molar-refractivity contribution in [2.75, 3.05) is 19.8 Å². The van der Waals surface area contributed by atoms with Gasteiger partial charge in [-0.05, 0) is 77.0 Å². The van der Waals surface area contributed by atoms with Gasteiger partial charge < -0.3 is 14.6 Å². The Labute approximate surface area is 292 Å². The molecule has 0 saturated heterocycles. The first-order valence-electron chi connectivity index (χ1n) is 20.2. The Hall–Kier alpha value is -1.65. The molecule has 0 fully saturated rings. The van der Waals surface area contributed by atoms with Crippen molar-refractivity contribution in [2.45, 2.75) is 200 Å². The highest BCUT2D eigenvalue weighted by Gasteiger charge is 2.13. The number of carbonyl (C=O) groups is 1. The van der Waals surface area contributed by atoms with Crippen molar-refractivity contribution in [1.29, 1.82) is 0 Å². The van der Waals surface area contributed by atoms with Crippen LogP contribution in [0.25, 0.3) is 0 Å². The van der Waals surface area contributed by atoms with Crippen LogP contribution in [0.4, 0.5) is 0 Å². The summed E-state index contributed by atoms with van der Waals surface area (Å²) < 4.78 is 11.1. The SMILES string of the molecule is CCCCC/C=C\C/C=C\C/C=C\CCCCCCCCCOCC(CO)OC(=O)CCCCCCC/C=C\CCCCCCCC. The molecular formula is C43H78O4. The maximum absolute atomic E-state index is 12.2. The molecule has 0 saturated carbocycles. The molecule has 0 amide bonds. The van der Waals surface area contributed by atoms with Gasteiger partial charge in [0.05, 0.1) is 13.2 Å². The van der Waals surface area contributed by atoms with E-state index in [1.54, 1.807) is 0 Å². The van der Waals surface area contributed by atoms with Gasteiger partial charge in [-0.25, -0.2) is 0 Å². The van der Waals surface area contributed by atoms with Gasteiger partial charge >= 0.3 is 5.97 Å². The van der Waals surface area contributed by atoms with Crippen LogP contribution in [-0.4, -0.2) is 37.0 Å². The molecule has 0 aromatic rings. The first-order chi connectivity index (χ1) is 23.2. The van der Waals surface area contributed by atoms with E-state index >= 15 is 0 Å². The number of aliphatic hydroxyl groups excluding tert-OH is 1. The highest BCUT2D eigenvalue weighted by Crippen LogP contribution is 2.12. The fraction of sp³-hybridized carbons (Fsp3) is 0.791. The quantitative estimate of drug-likeness (QED) is 0.0410. The third-order valence-electron chi connectivity index (χ3n) is 8.63. The van der Waals surface area contributed by atoms with Gasteiger partial charge in [-0.3, -0.25) is 4.79 Å². The van der Waals surface area contributed by atoms with Crippen molar-refractivity contribution in [1.82, 2.24) is 0 Å². The summed E-state index contributed by atoms with van der Waals surface area (Å²) in [6.07, 6.45) is 51.6. The second-order valence-electron chi connectivity index (χ2n) is 13.3. The normalized spacial score (nSPS) is 12.8. The topological polar surface area (TPSA) is 55.8 Å². The molecule has 274 valence electrons. The van der Waals surface area contributed by atoms with E-state index in [0.717, 1.165) is 32.1 Å². The monoisotopic (exact) mass is 659 g/mol. The fourth-order valence-corrected chi connectivity index (χ4v) is 5.56. The number of rotatable bonds is 37. The van der Waals surface area contributed by atoms with Gasteiger partial charge in [-0.2, -0.15) is 0 Å². The summed E-state index contributed by atoms with van der Waals surface area (Å²) in [5.74, 6) is -0.214. The van der Waals surface area contributed by atoms with Crippen LogP contribution in [0.2, 0.25) is 0 Å². The van der Waals surface area contributed by atoms with Gasteiger partial charge in [-0.1, -0.05) is 159 Å². The molecule has 0 aromatic heterocycles. The minimum absolute atomic E-state index is 0.180. The largest absolute Gasteiger partial charge is 0.457 e. The van der Waals surface area contributed by atoms with E-state index < -0.39 is 6.10 Å². The zero-order valence-electron chi connectivity index (χ0n) is 31.3. The maximum atomic E-state index is 12.2. The van der Waals surface area contributed by atoms with E-state index in [1.807, 2.05) is 0 Å². The van der Waals surface area contributed by atoms with Gasteiger partial charge in [0.15, 0.2) is 0 Å². The zero-order chi connectivity index (χ0) is 34.1. The second-order valence-corrected chi connectivity index (χ2v) is 13.3. The molecule has 0 aromatic carbocycles. The zero-order valence-corrected chi connectivity index (χ0v) is 31.3. The van der Waals surface area contributed by atoms with Crippen LogP contribution in [0, 0.1) is 0 Å². The molecule has 1 unspecified atom stereocenters.